The van der Waals surface area contributed by atoms with Crippen LogP contribution in [-0.2, 0) is 6.54 Å². The highest BCUT2D eigenvalue weighted by Crippen LogP contribution is 2.33. The molecule has 0 fully saturated rings. The van der Waals surface area contributed by atoms with Crippen molar-refractivity contribution < 1.29 is 10.2 Å². The van der Waals surface area contributed by atoms with Gasteiger partial charge >= 0.3 is 0 Å². The van der Waals surface area contributed by atoms with Gasteiger partial charge in [-0.25, -0.2) is 0 Å². The minimum atomic E-state index is -0.129. The van der Waals surface area contributed by atoms with Gasteiger partial charge < -0.3 is 15.1 Å². The Hall–Kier alpha value is -2.11. The van der Waals surface area contributed by atoms with E-state index in [2.05, 4.69) is 18.2 Å². The Labute approximate surface area is 189 Å². The van der Waals surface area contributed by atoms with E-state index in [9.17, 15) is 10.2 Å². The summed E-state index contributed by atoms with van der Waals surface area (Å²) in [4.78, 5) is 6.18. The topological polar surface area (TPSA) is 56.1 Å². The smallest absolute Gasteiger partial charge is 0.143 e. The van der Waals surface area contributed by atoms with Gasteiger partial charge in [0.05, 0.1) is 21.4 Å². The van der Waals surface area contributed by atoms with Crippen LogP contribution >= 0.6 is 46.4 Å². The van der Waals surface area contributed by atoms with Gasteiger partial charge in [0, 0.05) is 41.0 Å². The average molecular weight is 472 g/mol. The minimum Gasteiger partial charge on any atom is -0.506 e. The normalized spacial score (nSPS) is 12.0. The van der Waals surface area contributed by atoms with Crippen LogP contribution in [0, 0.1) is 0 Å². The Bertz CT molecular complexity index is 1020. The van der Waals surface area contributed by atoms with Crippen molar-refractivity contribution in [1.29, 1.82) is 0 Å². The zero-order chi connectivity index (χ0) is 21.7. The Morgan fingerprint density at radius 2 is 1.55 bits per heavy atom. The maximum Gasteiger partial charge on any atom is 0.143 e. The quantitative estimate of drug-likeness (QED) is 0.343. The Kier molecular flexibility index (Phi) is 8.05. The molecule has 0 saturated carbocycles. The highest BCUT2D eigenvalue weighted by Gasteiger charge is 2.13. The minimum absolute atomic E-state index is 0.0477. The number of rotatable bonds is 7. The maximum atomic E-state index is 10.2. The van der Waals surface area contributed by atoms with Gasteiger partial charge in [0.25, 0.3) is 0 Å². The van der Waals surface area contributed by atoms with Crippen LogP contribution in [0.5, 0.6) is 11.5 Å². The fraction of sp³-hybridized carbons (Fsp3) is 0.0952. The van der Waals surface area contributed by atoms with E-state index >= 15 is 0 Å². The Morgan fingerprint density at radius 1 is 0.966 bits per heavy atom. The lowest BCUT2D eigenvalue weighted by molar-refractivity contribution is 0.400. The molecule has 2 N–H and O–H groups in total. The van der Waals surface area contributed by atoms with E-state index in [1.54, 1.807) is 24.1 Å². The summed E-state index contributed by atoms with van der Waals surface area (Å²) in [7, 11) is 1.79. The van der Waals surface area contributed by atoms with Crippen molar-refractivity contribution in [2.75, 3.05) is 7.05 Å². The SMILES string of the molecule is C=CC(/N=C/c1cc(Cl)cc(Cl)c1O)=C(\C=C)N(C)Cc1cc(Cl)cc(Cl)c1O. The Balaban J connectivity index is 2.40. The first-order valence-electron chi connectivity index (χ1n) is 8.27. The monoisotopic (exact) mass is 470 g/mol. The molecule has 0 aliphatic rings. The molecule has 0 saturated heterocycles. The van der Waals surface area contributed by atoms with Gasteiger partial charge in [-0.1, -0.05) is 59.6 Å². The first-order chi connectivity index (χ1) is 13.7. The second kappa shape index (κ2) is 10.1. The molecule has 0 spiro atoms. The number of hydrogen-bond acceptors (Lipinski definition) is 4. The molecule has 0 amide bonds. The molecule has 0 aliphatic carbocycles. The molecule has 0 radical (unpaired) electrons. The van der Waals surface area contributed by atoms with Crippen molar-refractivity contribution in [3.8, 4) is 11.5 Å². The largest absolute Gasteiger partial charge is 0.506 e. The van der Waals surface area contributed by atoms with Crippen LogP contribution in [0.4, 0.5) is 0 Å². The number of aromatic hydroxyl groups is 2. The van der Waals surface area contributed by atoms with Crippen molar-refractivity contribution in [3.63, 3.8) is 0 Å². The molecule has 29 heavy (non-hydrogen) atoms. The van der Waals surface area contributed by atoms with Crippen LogP contribution in [-0.4, -0.2) is 28.4 Å². The molecule has 2 aromatic carbocycles. The van der Waals surface area contributed by atoms with E-state index in [1.165, 1.54) is 30.5 Å². The van der Waals surface area contributed by atoms with E-state index in [0.29, 0.717) is 32.6 Å². The predicted molar refractivity (Wildman–Crippen MR) is 123 cm³/mol. The first kappa shape index (κ1) is 23.2. The molecule has 0 aromatic heterocycles. The molecule has 0 heterocycles. The van der Waals surface area contributed by atoms with Gasteiger partial charge in [0.1, 0.15) is 11.5 Å². The lowest BCUT2D eigenvalue weighted by Gasteiger charge is -2.22. The molecule has 4 nitrogen and oxygen atoms in total. The molecular formula is C21H18Cl4N2O2. The standard InChI is InChI=1S/C21H18Cl4N2O2/c1-4-18(26-10-12-6-14(22)8-16(24)20(12)28)19(5-2)27(3)11-13-7-15(23)9-17(25)21(13)29/h4-10,28-29H,1-2,11H2,3H3/b19-18-,26-10+. The van der Waals surface area contributed by atoms with E-state index < -0.39 is 0 Å². The molecule has 2 rings (SSSR count). The van der Waals surface area contributed by atoms with E-state index in [-0.39, 0.29) is 28.1 Å². The summed E-state index contributed by atoms with van der Waals surface area (Å²) < 4.78 is 0. The molecular weight excluding hydrogens is 454 g/mol. The summed E-state index contributed by atoms with van der Waals surface area (Å²) in [6.45, 7) is 7.89. The molecule has 0 bridgehead atoms. The highest BCUT2D eigenvalue weighted by molar-refractivity contribution is 6.36. The maximum absolute atomic E-state index is 10.2. The summed E-state index contributed by atoms with van der Waals surface area (Å²) >= 11 is 24.0. The third-order valence-corrected chi connectivity index (χ3v) is 4.99. The lowest BCUT2D eigenvalue weighted by atomic mass is 10.1. The number of phenolic OH excluding ortho intramolecular Hbond substituents is 2. The summed E-state index contributed by atoms with van der Waals surface area (Å²) in [6.07, 6.45) is 4.57. The van der Waals surface area contributed by atoms with Crippen LogP contribution in [0.3, 0.4) is 0 Å². The van der Waals surface area contributed by atoms with Crippen LogP contribution in [0.2, 0.25) is 20.1 Å². The zero-order valence-corrected chi connectivity index (χ0v) is 18.5. The van der Waals surface area contributed by atoms with Crippen LogP contribution in [0.1, 0.15) is 11.1 Å². The number of phenols is 2. The zero-order valence-electron chi connectivity index (χ0n) is 15.5. The number of likely N-dealkylation sites (N-methyl/N-ethyl adjacent to an activating group) is 1. The first-order valence-corrected chi connectivity index (χ1v) is 9.78. The molecule has 0 atom stereocenters. The van der Waals surface area contributed by atoms with Crippen LogP contribution in [0.25, 0.3) is 0 Å². The molecule has 152 valence electrons. The van der Waals surface area contributed by atoms with Crippen molar-refractivity contribution in [2.24, 2.45) is 4.99 Å². The third kappa shape index (κ3) is 5.71. The summed E-state index contributed by atoms with van der Waals surface area (Å²) in [5, 5.41) is 21.3. The van der Waals surface area contributed by atoms with E-state index in [4.69, 9.17) is 46.4 Å². The number of benzene rings is 2. The average Bonchev–Trinajstić information content (AvgIpc) is 2.66. The van der Waals surface area contributed by atoms with Gasteiger partial charge in [0.2, 0.25) is 0 Å². The summed E-state index contributed by atoms with van der Waals surface area (Å²) in [5.41, 5.74) is 1.99. The second-order valence-electron chi connectivity index (χ2n) is 6.01. The van der Waals surface area contributed by atoms with Crippen LogP contribution < -0.4 is 0 Å². The predicted octanol–water partition coefficient (Wildman–Crippen LogP) is 6.85. The number of allylic oxidation sites excluding steroid dienone is 2. The molecule has 0 unspecified atom stereocenters. The fourth-order valence-electron chi connectivity index (χ4n) is 2.58. The third-order valence-electron chi connectivity index (χ3n) is 3.98. The van der Waals surface area contributed by atoms with Crippen molar-refractivity contribution in [1.82, 2.24) is 4.90 Å². The van der Waals surface area contributed by atoms with E-state index in [1.807, 2.05) is 0 Å². The van der Waals surface area contributed by atoms with Crippen molar-refractivity contribution >= 4 is 52.6 Å². The van der Waals surface area contributed by atoms with Crippen molar-refractivity contribution in [3.05, 3.63) is 92.2 Å². The van der Waals surface area contributed by atoms with E-state index in [0.717, 1.165) is 0 Å². The highest BCUT2D eigenvalue weighted by atomic mass is 35.5. The molecule has 8 heteroatoms. The van der Waals surface area contributed by atoms with Crippen LogP contribution in [0.15, 0.2) is 66.0 Å². The fourth-order valence-corrected chi connectivity index (χ4v) is 3.63. The van der Waals surface area contributed by atoms with Gasteiger partial charge in [-0.15, -0.1) is 0 Å². The number of halogens is 4. The van der Waals surface area contributed by atoms with Gasteiger partial charge in [-0.3, -0.25) is 4.99 Å². The summed E-state index contributed by atoms with van der Waals surface area (Å²) in [6, 6.07) is 6.07. The van der Waals surface area contributed by atoms with Gasteiger partial charge in [-0.05, 0) is 36.4 Å². The van der Waals surface area contributed by atoms with Gasteiger partial charge in [-0.2, -0.15) is 0 Å². The lowest BCUT2D eigenvalue weighted by Crippen LogP contribution is -2.17. The molecule has 2 aromatic rings. The van der Waals surface area contributed by atoms with Crippen molar-refractivity contribution in [2.45, 2.75) is 6.54 Å². The second-order valence-corrected chi connectivity index (χ2v) is 7.70. The van der Waals surface area contributed by atoms with Gasteiger partial charge in [0.15, 0.2) is 0 Å². The molecule has 0 aliphatic heterocycles. The summed E-state index contributed by atoms with van der Waals surface area (Å²) in [5.74, 6) is -0.177. The Morgan fingerprint density at radius 3 is 2.14 bits per heavy atom. The number of aliphatic imine (C=N–C) groups is 1. The number of nitrogens with zero attached hydrogens (tertiary/aromatic N) is 2. The number of hydrogen-bond donors (Lipinski definition) is 2.